The second-order valence-electron chi connectivity index (χ2n) is 5.10. The van der Waals surface area contributed by atoms with Crippen LogP contribution in [0.4, 0.5) is 0 Å². The van der Waals surface area contributed by atoms with Gasteiger partial charge in [0, 0.05) is 10.6 Å². The molecule has 23 heavy (non-hydrogen) atoms. The lowest BCUT2D eigenvalue weighted by Crippen LogP contribution is -2.10. The molecule has 4 nitrogen and oxygen atoms in total. The van der Waals surface area contributed by atoms with Crippen LogP contribution in [0.3, 0.4) is 0 Å². The molecule has 0 atom stereocenters. The van der Waals surface area contributed by atoms with Gasteiger partial charge in [0.15, 0.2) is 11.5 Å². The number of methoxy groups -OCH3 is 1. The minimum Gasteiger partial charge on any atom is -0.493 e. The van der Waals surface area contributed by atoms with Crippen LogP contribution in [0, 0.1) is 13.8 Å². The molecule has 0 saturated carbocycles. The van der Waals surface area contributed by atoms with Crippen molar-refractivity contribution in [3.05, 3.63) is 52.0 Å². The number of benzene rings is 2. The first-order valence-electron chi connectivity index (χ1n) is 7.20. The lowest BCUT2D eigenvalue weighted by molar-refractivity contribution is 0.112. The van der Waals surface area contributed by atoms with Crippen LogP contribution < -0.4 is 14.2 Å². The van der Waals surface area contributed by atoms with Gasteiger partial charge in [-0.1, -0.05) is 11.6 Å². The highest BCUT2D eigenvalue weighted by Crippen LogP contribution is 2.28. The van der Waals surface area contributed by atoms with Crippen LogP contribution in [0.15, 0.2) is 30.3 Å². The van der Waals surface area contributed by atoms with Crippen LogP contribution in [0.2, 0.25) is 5.02 Å². The number of aldehydes is 1. The van der Waals surface area contributed by atoms with E-state index >= 15 is 0 Å². The molecule has 2 aromatic carbocycles. The maximum Gasteiger partial charge on any atom is 0.162 e. The number of aryl methyl sites for hydroxylation is 2. The molecule has 0 amide bonds. The summed E-state index contributed by atoms with van der Waals surface area (Å²) in [5, 5.41) is 0.754. The van der Waals surface area contributed by atoms with Crippen molar-refractivity contribution in [2.24, 2.45) is 0 Å². The average molecular weight is 335 g/mol. The third-order valence-electron chi connectivity index (χ3n) is 3.34. The number of rotatable bonds is 7. The van der Waals surface area contributed by atoms with Crippen molar-refractivity contribution in [2.45, 2.75) is 13.8 Å². The predicted molar refractivity (Wildman–Crippen MR) is 90.3 cm³/mol. The van der Waals surface area contributed by atoms with Crippen molar-refractivity contribution in [1.82, 2.24) is 0 Å². The van der Waals surface area contributed by atoms with Crippen molar-refractivity contribution in [3.63, 3.8) is 0 Å². The summed E-state index contributed by atoms with van der Waals surface area (Å²) < 4.78 is 16.5. The summed E-state index contributed by atoms with van der Waals surface area (Å²) in [6.07, 6.45) is 0.766. The Hall–Kier alpha value is -2.20. The molecule has 0 aliphatic carbocycles. The van der Waals surface area contributed by atoms with Crippen LogP contribution in [0.1, 0.15) is 21.5 Å². The third-order valence-corrected chi connectivity index (χ3v) is 3.94. The van der Waals surface area contributed by atoms with Gasteiger partial charge in [0.25, 0.3) is 0 Å². The van der Waals surface area contributed by atoms with Crippen LogP contribution in [0.25, 0.3) is 0 Å². The molecule has 0 saturated heterocycles. The lowest BCUT2D eigenvalue weighted by Gasteiger charge is -2.13. The second kappa shape index (κ2) is 7.88. The van der Waals surface area contributed by atoms with E-state index in [0.717, 1.165) is 28.2 Å². The van der Waals surface area contributed by atoms with Gasteiger partial charge in [0.05, 0.1) is 7.11 Å². The number of halogens is 1. The molecule has 0 unspecified atom stereocenters. The average Bonchev–Trinajstić information content (AvgIpc) is 2.56. The summed E-state index contributed by atoms with van der Waals surface area (Å²) in [5.74, 6) is 1.85. The van der Waals surface area contributed by atoms with Gasteiger partial charge in [-0.15, -0.1) is 0 Å². The molecule has 5 heteroatoms. The summed E-state index contributed by atoms with van der Waals surface area (Å²) in [5.41, 5.74) is 2.48. The maximum atomic E-state index is 10.8. The van der Waals surface area contributed by atoms with E-state index in [9.17, 15) is 4.79 Å². The molecule has 2 aromatic rings. The molecule has 0 N–H and O–H groups in total. The molecule has 0 aliphatic heterocycles. The van der Waals surface area contributed by atoms with Gasteiger partial charge in [-0.2, -0.15) is 0 Å². The minimum atomic E-state index is 0.333. The monoisotopic (exact) mass is 334 g/mol. The molecule has 2 rings (SSSR count). The molecule has 122 valence electrons. The largest absolute Gasteiger partial charge is 0.493 e. The number of carbonyl (C=O) groups is 1. The first kappa shape index (κ1) is 17.2. The van der Waals surface area contributed by atoms with Crippen LogP contribution in [-0.2, 0) is 0 Å². The van der Waals surface area contributed by atoms with Gasteiger partial charge < -0.3 is 14.2 Å². The molecular weight excluding hydrogens is 316 g/mol. The standard InChI is InChI=1S/C18H19ClO4/c1-12-8-15(9-13(2)18(12)19)22-6-7-23-17-10-14(11-20)4-5-16(17)21-3/h4-5,8-11H,6-7H2,1-3H3. The Labute approximate surface area is 140 Å². The third kappa shape index (κ3) is 4.39. The normalized spacial score (nSPS) is 10.3. The van der Waals surface area contributed by atoms with Crippen molar-refractivity contribution in [3.8, 4) is 17.2 Å². The quantitative estimate of drug-likeness (QED) is 0.561. The molecule has 0 fully saturated rings. The lowest BCUT2D eigenvalue weighted by atomic mass is 10.1. The Bertz CT molecular complexity index is 674. The topological polar surface area (TPSA) is 44.8 Å². The molecular formula is C18H19ClO4. The van der Waals surface area contributed by atoms with Gasteiger partial charge in [-0.25, -0.2) is 0 Å². The first-order chi connectivity index (χ1) is 11.0. The van der Waals surface area contributed by atoms with Crippen LogP contribution in [-0.4, -0.2) is 26.6 Å². The van der Waals surface area contributed by atoms with Crippen LogP contribution >= 0.6 is 11.6 Å². The Balaban J connectivity index is 1.94. The van der Waals surface area contributed by atoms with Gasteiger partial charge >= 0.3 is 0 Å². The smallest absolute Gasteiger partial charge is 0.162 e. The molecule has 0 heterocycles. The summed E-state index contributed by atoms with van der Waals surface area (Å²) in [7, 11) is 1.55. The molecule has 0 spiro atoms. The van der Waals surface area contributed by atoms with Gasteiger partial charge in [-0.3, -0.25) is 4.79 Å². The Morgan fingerprint density at radius 3 is 2.26 bits per heavy atom. The van der Waals surface area contributed by atoms with E-state index in [-0.39, 0.29) is 0 Å². The zero-order chi connectivity index (χ0) is 16.8. The zero-order valence-electron chi connectivity index (χ0n) is 13.4. The molecule has 0 aliphatic rings. The molecule has 0 aromatic heterocycles. The predicted octanol–water partition coefficient (Wildman–Crippen LogP) is 4.24. The molecule has 0 radical (unpaired) electrons. The highest BCUT2D eigenvalue weighted by atomic mass is 35.5. The molecule has 0 bridgehead atoms. The van der Waals surface area contributed by atoms with Crippen molar-refractivity contribution in [1.29, 1.82) is 0 Å². The van der Waals surface area contributed by atoms with Crippen molar-refractivity contribution < 1.29 is 19.0 Å². The fraction of sp³-hybridized carbons (Fsp3) is 0.278. The van der Waals surface area contributed by atoms with E-state index in [2.05, 4.69) is 0 Å². The summed E-state index contributed by atoms with van der Waals surface area (Å²) in [4.78, 5) is 10.8. The van der Waals surface area contributed by atoms with E-state index in [1.165, 1.54) is 0 Å². The van der Waals surface area contributed by atoms with E-state index < -0.39 is 0 Å². The number of hydrogen-bond donors (Lipinski definition) is 0. The summed E-state index contributed by atoms with van der Waals surface area (Å²) in [6, 6.07) is 8.80. The van der Waals surface area contributed by atoms with Crippen LogP contribution in [0.5, 0.6) is 17.2 Å². The van der Waals surface area contributed by atoms with E-state index in [0.29, 0.717) is 30.3 Å². The SMILES string of the molecule is COc1ccc(C=O)cc1OCCOc1cc(C)c(Cl)c(C)c1. The van der Waals surface area contributed by atoms with E-state index in [1.54, 1.807) is 25.3 Å². The van der Waals surface area contributed by atoms with E-state index in [1.807, 2.05) is 26.0 Å². The van der Waals surface area contributed by atoms with Crippen molar-refractivity contribution in [2.75, 3.05) is 20.3 Å². The maximum absolute atomic E-state index is 10.8. The first-order valence-corrected chi connectivity index (χ1v) is 7.58. The Kier molecular flexibility index (Phi) is 5.88. The minimum absolute atomic E-state index is 0.333. The highest BCUT2D eigenvalue weighted by molar-refractivity contribution is 6.32. The summed E-state index contributed by atoms with van der Waals surface area (Å²) >= 11 is 6.13. The second-order valence-corrected chi connectivity index (χ2v) is 5.47. The Morgan fingerprint density at radius 1 is 1.00 bits per heavy atom. The van der Waals surface area contributed by atoms with Gasteiger partial charge in [-0.05, 0) is 55.3 Å². The number of ether oxygens (including phenoxy) is 3. The fourth-order valence-corrected chi connectivity index (χ4v) is 2.29. The van der Waals surface area contributed by atoms with Gasteiger partial charge in [0.1, 0.15) is 25.2 Å². The number of hydrogen-bond acceptors (Lipinski definition) is 4. The Morgan fingerprint density at radius 2 is 1.65 bits per heavy atom. The highest BCUT2D eigenvalue weighted by Gasteiger charge is 2.07. The van der Waals surface area contributed by atoms with Gasteiger partial charge in [0.2, 0.25) is 0 Å². The van der Waals surface area contributed by atoms with E-state index in [4.69, 9.17) is 25.8 Å². The number of carbonyl (C=O) groups excluding carboxylic acids is 1. The van der Waals surface area contributed by atoms with Crippen molar-refractivity contribution >= 4 is 17.9 Å². The fourth-order valence-electron chi connectivity index (χ4n) is 2.18. The zero-order valence-corrected chi connectivity index (χ0v) is 14.1. The summed E-state index contributed by atoms with van der Waals surface area (Å²) in [6.45, 7) is 4.58.